The monoisotopic (exact) mass is 428 g/mol. The van der Waals surface area contributed by atoms with Crippen LogP contribution in [0.25, 0.3) is 0 Å². The fourth-order valence-corrected chi connectivity index (χ4v) is 3.24. The second-order valence-electron chi connectivity index (χ2n) is 6.80. The summed E-state index contributed by atoms with van der Waals surface area (Å²) in [6.07, 6.45) is -2.20. The lowest BCUT2D eigenvalue weighted by molar-refractivity contribution is -0.286. The Hall–Kier alpha value is -3.88. The number of nitrogens with zero attached hydrogens (tertiary/aromatic N) is 1. The first-order chi connectivity index (χ1) is 14.9. The predicted octanol–water partition coefficient (Wildman–Crippen LogP) is 3.16. The molecule has 0 radical (unpaired) electrons. The number of nitrogens with one attached hydrogen (secondary N) is 1. The highest BCUT2D eigenvalue weighted by Crippen LogP contribution is 2.41. The van der Waals surface area contributed by atoms with Crippen LogP contribution in [0.5, 0.6) is 17.2 Å². The highest BCUT2D eigenvalue weighted by Gasteiger charge is 2.43. The van der Waals surface area contributed by atoms with Gasteiger partial charge in [-0.25, -0.2) is 0 Å². The number of ether oxygens (including phenoxy) is 3. The Morgan fingerprint density at radius 1 is 1.10 bits per heavy atom. The molecule has 1 amide bonds. The van der Waals surface area contributed by atoms with E-state index in [1.54, 1.807) is 18.2 Å². The lowest BCUT2D eigenvalue weighted by atomic mass is 10.1. The van der Waals surface area contributed by atoms with Crippen LogP contribution in [0.1, 0.15) is 21.5 Å². The number of alkyl halides is 2. The molecule has 0 aliphatic carbocycles. The first kappa shape index (κ1) is 20.4. The zero-order valence-corrected chi connectivity index (χ0v) is 16.4. The molecule has 2 heterocycles. The number of benzene rings is 2. The predicted molar refractivity (Wildman–Crippen MR) is 107 cm³/mol. The molecule has 31 heavy (non-hydrogen) atoms. The zero-order valence-electron chi connectivity index (χ0n) is 16.4. The van der Waals surface area contributed by atoms with Crippen molar-refractivity contribution in [2.75, 3.05) is 7.11 Å². The first-order valence-electron chi connectivity index (χ1n) is 9.34. The van der Waals surface area contributed by atoms with E-state index in [1.165, 1.54) is 36.1 Å². The fraction of sp³-hybridized carbons (Fsp3) is 0.182. The average molecular weight is 428 g/mol. The molecule has 4 rings (SSSR count). The minimum atomic E-state index is -3.71. The summed E-state index contributed by atoms with van der Waals surface area (Å²) in [6, 6.07) is 14.5. The van der Waals surface area contributed by atoms with Crippen molar-refractivity contribution in [2.45, 2.75) is 19.4 Å². The van der Waals surface area contributed by atoms with Gasteiger partial charge in [0, 0.05) is 18.3 Å². The van der Waals surface area contributed by atoms with E-state index in [-0.39, 0.29) is 30.2 Å². The van der Waals surface area contributed by atoms with Crippen LogP contribution in [0, 0.1) is 0 Å². The van der Waals surface area contributed by atoms with E-state index in [0.717, 1.165) is 5.56 Å². The van der Waals surface area contributed by atoms with E-state index in [9.17, 15) is 18.4 Å². The number of halogens is 2. The molecule has 0 saturated heterocycles. The second-order valence-corrected chi connectivity index (χ2v) is 6.80. The SMILES string of the molecule is COc1ccccc1CNC(=O)c1cccn(Cc2ccc3c(c2)OC(F)(F)O3)c1=O. The van der Waals surface area contributed by atoms with Crippen molar-refractivity contribution in [1.82, 2.24) is 9.88 Å². The molecule has 1 aromatic heterocycles. The van der Waals surface area contributed by atoms with Crippen LogP contribution < -0.4 is 25.1 Å². The minimum absolute atomic E-state index is 0.0373. The Balaban J connectivity index is 1.50. The Morgan fingerprint density at radius 2 is 1.87 bits per heavy atom. The summed E-state index contributed by atoms with van der Waals surface area (Å²) in [5, 5.41) is 2.71. The smallest absolute Gasteiger partial charge is 0.496 e. The Labute approximate surface area is 175 Å². The lowest BCUT2D eigenvalue weighted by Gasteiger charge is -2.11. The molecule has 1 aliphatic rings. The standard InChI is InChI=1S/C22H18F2N2O5/c1-29-17-7-3-2-5-15(17)12-25-20(27)16-6-4-10-26(21(16)28)13-14-8-9-18-19(11-14)31-22(23,24)30-18/h2-11H,12-13H2,1H3,(H,25,27). The van der Waals surface area contributed by atoms with Crippen LogP contribution in [0.2, 0.25) is 0 Å². The summed E-state index contributed by atoms with van der Waals surface area (Å²) < 4.78 is 41.8. The minimum Gasteiger partial charge on any atom is -0.496 e. The van der Waals surface area contributed by atoms with Crippen molar-refractivity contribution in [3.05, 3.63) is 87.8 Å². The van der Waals surface area contributed by atoms with Gasteiger partial charge in [0.1, 0.15) is 11.3 Å². The zero-order chi connectivity index (χ0) is 22.0. The molecule has 3 aromatic rings. The fourth-order valence-electron chi connectivity index (χ4n) is 3.24. The van der Waals surface area contributed by atoms with Crippen molar-refractivity contribution >= 4 is 5.91 Å². The number of carbonyl (C=O) groups is 1. The number of fused-ring (bicyclic) bond motifs is 1. The molecular weight excluding hydrogens is 410 g/mol. The maximum atomic E-state index is 13.2. The third kappa shape index (κ3) is 4.35. The van der Waals surface area contributed by atoms with E-state index in [2.05, 4.69) is 14.8 Å². The number of hydrogen-bond donors (Lipinski definition) is 1. The molecule has 0 bridgehead atoms. The van der Waals surface area contributed by atoms with Crippen LogP contribution in [0.3, 0.4) is 0 Å². The molecule has 0 saturated carbocycles. The van der Waals surface area contributed by atoms with Crippen molar-refractivity contribution in [2.24, 2.45) is 0 Å². The summed E-state index contributed by atoms with van der Waals surface area (Å²) in [5.41, 5.74) is 0.758. The van der Waals surface area contributed by atoms with Gasteiger partial charge in [0.15, 0.2) is 11.5 Å². The quantitative estimate of drug-likeness (QED) is 0.653. The highest BCUT2D eigenvalue weighted by atomic mass is 19.3. The summed E-state index contributed by atoms with van der Waals surface area (Å²) in [5.74, 6) is -0.0935. The number of amides is 1. The molecule has 0 spiro atoms. The summed E-state index contributed by atoms with van der Waals surface area (Å²) in [4.78, 5) is 25.4. The van der Waals surface area contributed by atoms with E-state index in [1.807, 2.05) is 18.2 Å². The molecule has 1 aliphatic heterocycles. The number of methoxy groups -OCH3 is 1. The van der Waals surface area contributed by atoms with Gasteiger partial charge in [-0.05, 0) is 35.9 Å². The normalized spacial score (nSPS) is 13.6. The van der Waals surface area contributed by atoms with Crippen molar-refractivity contribution < 1.29 is 27.8 Å². The Bertz CT molecular complexity index is 1190. The number of pyridine rings is 1. The summed E-state index contributed by atoms with van der Waals surface area (Å²) >= 11 is 0. The van der Waals surface area contributed by atoms with Crippen LogP contribution >= 0.6 is 0 Å². The Morgan fingerprint density at radius 3 is 2.68 bits per heavy atom. The van der Waals surface area contributed by atoms with Gasteiger partial charge in [-0.15, -0.1) is 8.78 Å². The summed E-state index contributed by atoms with van der Waals surface area (Å²) in [7, 11) is 1.54. The second kappa shape index (κ2) is 8.10. The van der Waals surface area contributed by atoms with Crippen molar-refractivity contribution in [3.63, 3.8) is 0 Å². The van der Waals surface area contributed by atoms with Gasteiger partial charge in [0.05, 0.1) is 13.7 Å². The van der Waals surface area contributed by atoms with E-state index < -0.39 is 17.8 Å². The van der Waals surface area contributed by atoms with Gasteiger partial charge < -0.3 is 24.1 Å². The molecule has 0 atom stereocenters. The van der Waals surface area contributed by atoms with E-state index in [4.69, 9.17) is 4.74 Å². The number of carbonyl (C=O) groups excluding carboxylic acids is 1. The molecular formula is C22H18F2N2O5. The number of rotatable bonds is 6. The van der Waals surface area contributed by atoms with Gasteiger partial charge in [-0.1, -0.05) is 24.3 Å². The van der Waals surface area contributed by atoms with Gasteiger partial charge in [0.2, 0.25) is 0 Å². The van der Waals surface area contributed by atoms with Crippen LogP contribution in [-0.4, -0.2) is 23.9 Å². The molecule has 9 heteroatoms. The van der Waals surface area contributed by atoms with Gasteiger partial charge in [-0.3, -0.25) is 9.59 Å². The van der Waals surface area contributed by atoms with Gasteiger partial charge >= 0.3 is 6.29 Å². The topological polar surface area (TPSA) is 78.8 Å². The average Bonchev–Trinajstić information content (AvgIpc) is 3.06. The van der Waals surface area contributed by atoms with Crippen LogP contribution in [0.15, 0.2) is 65.6 Å². The molecule has 0 fully saturated rings. The maximum absolute atomic E-state index is 13.2. The third-order valence-electron chi connectivity index (χ3n) is 4.72. The van der Waals surface area contributed by atoms with Crippen molar-refractivity contribution in [3.8, 4) is 17.2 Å². The van der Waals surface area contributed by atoms with E-state index >= 15 is 0 Å². The largest absolute Gasteiger partial charge is 0.586 e. The first-order valence-corrected chi connectivity index (χ1v) is 9.34. The van der Waals surface area contributed by atoms with Crippen LogP contribution in [-0.2, 0) is 13.1 Å². The highest BCUT2D eigenvalue weighted by molar-refractivity contribution is 5.93. The number of aromatic nitrogens is 1. The van der Waals surface area contributed by atoms with Gasteiger partial charge in [-0.2, -0.15) is 0 Å². The Kier molecular flexibility index (Phi) is 5.33. The van der Waals surface area contributed by atoms with Crippen LogP contribution in [0.4, 0.5) is 8.78 Å². The number of para-hydroxylation sites is 1. The molecule has 0 unspecified atom stereocenters. The lowest BCUT2D eigenvalue weighted by Crippen LogP contribution is -2.32. The van der Waals surface area contributed by atoms with E-state index in [0.29, 0.717) is 11.3 Å². The molecule has 2 aromatic carbocycles. The molecule has 160 valence electrons. The van der Waals surface area contributed by atoms with Gasteiger partial charge in [0.25, 0.3) is 11.5 Å². The maximum Gasteiger partial charge on any atom is 0.586 e. The summed E-state index contributed by atoms with van der Waals surface area (Å²) in [6.45, 7) is 0.252. The number of hydrogen-bond acceptors (Lipinski definition) is 5. The molecule has 1 N–H and O–H groups in total. The third-order valence-corrected chi connectivity index (χ3v) is 4.72. The van der Waals surface area contributed by atoms with Crippen molar-refractivity contribution in [1.29, 1.82) is 0 Å². The molecule has 7 nitrogen and oxygen atoms in total.